The van der Waals surface area contributed by atoms with Crippen LogP contribution in [0.3, 0.4) is 0 Å². The standard InChI is InChI=1S/C9H10N2O2S/c12-9(13)6-4-10-8(11-5-6)7-2-1-3-14-7/h4-5,7H,1-3H2,(H,12,13). The molecule has 0 bridgehead atoms. The Morgan fingerprint density at radius 3 is 2.71 bits per heavy atom. The van der Waals surface area contributed by atoms with E-state index in [-0.39, 0.29) is 5.56 Å². The molecule has 2 heterocycles. The van der Waals surface area contributed by atoms with Crippen LogP contribution in [0.4, 0.5) is 0 Å². The quantitative estimate of drug-likeness (QED) is 0.805. The van der Waals surface area contributed by atoms with Crippen molar-refractivity contribution < 1.29 is 9.90 Å². The van der Waals surface area contributed by atoms with Crippen LogP contribution in [0.2, 0.25) is 0 Å². The molecule has 4 nitrogen and oxygen atoms in total. The van der Waals surface area contributed by atoms with Crippen LogP contribution in [0, 0.1) is 0 Å². The largest absolute Gasteiger partial charge is 0.478 e. The van der Waals surface area contributed by atoms with Crippen molar-refractivity contribution in [3.05, 3.63) is 23.8 Å². The molecule has 5 heteroatoms. The van der Waals surface area contributed by atoms with Crippen LogP contribution < -0.4 is 0 Å². The molecule has 74 valence electrons. The summed E-state index contributed by atoms with van der Waals surface area (Å²) in [5.41, 5.74) is 0.150. The highest BCUT2D eigenvalue weighted by atomic mass is 32.2. The van der Waals surface area contributed by atoms with E-state index in [0.717, 1.165) is 18.0 Å². The van der Waals surface area contributed by atoms with E-state index in [1.165, 1.54) is 18.8 Å². The Morgan fingerprint density at radius 1 is 1.50 bits per heavy atom. The molecule has 1 saturated heterocycles. The van der Waals surface area contributed by atoms with Gasteiger partial charge in [-0.1, -0.05) is 0 Å². The lowest BCUT2D eigenvalue weighted by atomic mass is 10.2. The van der Waals surface area contributed by atoms with Crippen LogP contribution in [0.15, 0.2) is 12.4 Å². The Balaban J connectivity index is 2.16. The average molecular weight is 210 g/mol. The lowest BCUT2D eigenvalue weighted by molar-refractivity contribution is 0.0696. The second-order valence-electron chi connectivity index (χ2n) is 3.14. The lowest BCUT2D eigenvalue weighted by Gasteiger charge is -2.05. The van der Waals surface area contributed by atoms with Gasteiger partial charge in [0.1, 0.15) is 5.82 Å². The van der Waals surface area contributed by atoms with Crippen molar-refractivity contribution in [3.63, 3.8) is 0 Å². The van der Waals surface area contributed by atoms with E-state index in [4.69, 9.17) is 5.11 Å². The Hall–Kier alpha value is -1.10. The van der Waals surface area contributed by atoms with E-state index in [1.807, 2.05) is 11.8 Å². The van der Waals surface area contributed by atoms with Crippen molar-refractivity contribution in [1.29, 1.82) is 0 Å². The number of hydrogen-bond donors (Lipinski definition) is 1. The first-order valence-electron chi connectivity index (χ1n) is 4.44. The van der Waals surface area contributed by atoms with Gasteiger partial charge in [-0.2, -0.15) is 11.8 Å². The summed E-state index contributed by atoms with van der Waals surface area (Å²) in [6.45, 7) is 0. The summed E-state index contributed by atoms with van der Waals surface area (Å²) in [7, 11) is 0. The van der Waals surface area contributed by atoms with Crippen LogP contribution in [-0.4, -0.2) is 26.8 Å². The zero-order chi connectivity index (χ0) is 9.97. The summed E-state index contributed by atoms with van der Waals surface area (Å²) in [5.74, 6) is 0.933. The minimum absolute atomic E-state index is 0.150. The van der Waals surface area contributed by atoms with Gasteiger partial charge in [0.2, 0.25) is 0 Å². The van der Waals surface area contributed by atoms with E-state index in [9.17, 15) is 4.79 Å². The van der Waals surface area contributed by atoms with E-state index < -0.39 is 5.97 Å². The van der Waals surface area contributed by atoms with E-state index in [0.29, 0.717) is 5.25 Å². The van der Waals surface area contributed by atoms with Crippen molar-refractivity contribution in [2.24, 2.45) is 0 Å². The Bertz CT molecular complexity index is 333. The minimum Gasteiger partial charge on any atom is -0.478 e. The highest BCUT2D eigenvalue weighted by Crippen LogP contribution is 2.37. The Kier molecular flexibility index (Phi) is 2.67. The monoisotopic (exact) mass is 210 g/mol. The van der Waals surface area contributed by atoms with Crippen LogP contribution in [0.1, 0.15) is 34.3 Å². The third kappa shape index (κ3) is 1.87. The Morgan fingerprint density at radius 2 is 2.21 bits per heavy atom. The number of rotatable bonds is 2. The number of hydrogen-bond acceptors (Lipinski definition) is 4. The topological polar surface area (TPSA) is 63.1 Å². The Labute approximate surface area is 85.8 Å². The molecule has 0 saturated carbocycles. The van der Waals surface area contributed by atoms with Gasteiger partial charge in [-0.05, 0) is 18.6 Å². The van der Waals surface area contributed by atoms with E-state index in [1.54, 1.807) is 0 Å². The third-order valence-electron chi connectivity index (χ3n) is 2.14. The maximum absolute atomic E-state index is 10.5. The molecule has 0 amide bonds. The molecule has 1 fully saturated rings. The van der Waals surface area contributed by atoms with Crippen molar-refractivity contribution in [2.45, 2.75) is 18.1 Å². The van der Waals surface area contributed by atoms with Gasteiger partial charge in [0, 0.05) is 12.4 Å². The fraction of sp³-hybridized carbons (Fsp3) is 0.444. The molecular weight excluding hydrogens is 200 g/mol. The summed E-state index contributed by atoms with van der Waals surface area (Å²) in [6, 6.07) is 0. The molecule has 0 radical (unpaired) electrons. The number of nitrogens with zero attached hydrogens (tertiary/aromatic N) is 2. The summed E-state index contributed by atoms with van der Waals surface area (Å²) in [6.07, 6.45) is 5.05. The molecule has 0 aromatic carbocycles. The van der Waals surface area contributed by atoms with Crippen LogP contribution >= 0.6 is 11.8 Å². The predicted octanol–water partition coefficient (Wildman–Crippen LogP) is 1.74. The number of thioether (sulfide) groups is 1. The number of carbonyl (C=O) groups is 1. The van der Waals surface area contributed by atoms with E-state index >= 15 is 0 Å². The molecule has 1 atom stereocenters. The highest BCUT2D eigenvalue weighted by Gasteiger charge is 2.20. The first kappa shape index (κ1) is 9.45. The first-order valence-corrected chi connectivity index (χ1v) is 5.49. The van der Waals surface area contributed by atoms with Crippen molar-refractivity contribution in [2.75, 3.05) is 5.75 Å². The summed E-state index contributed by atoms with van der Waals surface area (Å²) in [5, 5.41) is 9.01. The van der Waals surface area contributed by atoms with Crippen LogP contribution in [0.5, 0.6) is 0 Å². The molecule has 0 aliphatic carbocycles. The van der Waals surface area contributed by atoms with Gasteiger partial charge in [-0.3, -0.25) is 0 Å². The second-order valence-corrected chi connectivity index (χ2v) is 4.45. The van der Waals surface area contributed by atoms with Crippen molar-refractivity contribution >= 4 is 17.7 Å². The molecule has 1 N–H and O–H groups in total. The second kappa shape index (κ2) is 3.96. The van der Waals surface area contributed by atoms with Gasteiger partial charge in [-0.15, -0.1) is 0 Å². The average Bonchev–Trinajstić information content (AvgIpc) is 2.71. The maximum Gasteiger partial charge on any atom is 0.338 e. The highest BCUT2D eigenvalue weighted by molar-refractivity contribution is 7.99. The van der Waals surface area contributed by atoms with Crippen LogP contribution in [0.25, 0.3) is 0 Å². The summed E-state index contributed by atoms with van der Waals surface area (Å²) in [4.78, 5) is 18.7. The van der Waals surface area contributed by atoms with Gasteiger partial charge in [-0.25, -0.2) is 14.8 Å². The third-order valence-corrected chi connectivity index (χ3v) is 3.51. The predicted molar refractivity (Wildman–Crippen MR) is 53.4 cm³/mol. The lowest BCUT2D eigenvalue weighted by Crippen LogP contribution is -2.03. The van der Waals surface area contributed by atoms with Gasteiger partial charge in [0.25, 0.3) is 0 Å². The molecular formula is C9H10N2O2S. The fourth-order valence-electron chi connectivity index (χ4n) is 1.40. The summed E-state index contributed by atoms with van der Waals surface area (Å²) >= 11 is 1.84. The number of aromatic carboxylic acids is 1. The molecule has 0 spiro atoms. The zero-order valence-electron chi connectivity index (χ0n) is 7.51. The SMILES string of the molecule is O=C(O)c1cnc(C2CCCS2)nc1. The molecule has 1 unspecified atom stereocenters. The van der Waals surface area contributed by atoms with Gasteiger partial charge in [0.05, 0.1) is 10.8 Å². The number of carboxylic acid groups (broad SMARTS) is 1. The fourth-order valence-corrected chi connectivity index (χ4v) is 2.62. The van der Waals surface area contributed by atoms with Crippen LogP contribution in [-0.2, 0) is 0 Å². The molecule has 1 aliphatic rings. The van der Waals surface area contributed by atoms with Gasteiger partial charge >= 0.3 is 5.97 Å². The van der Waals surface area contributed by atoms with Gasteiger partial charge < -0.3 is 5.11 Å². The van der Waals surface area contributed by atoms with Gasteiger partial charge in [0.15, 0.2) is 0 Å². The van der Waals surface area contributed by atoms with E-state index in [2.05, 4.69) is 9.97 Å². The number of aromatic nitrogens is 2. The molecule has 2 rings (SSSR count). The summed E-state index contributed by atoms with van der Waals surface area (Å²) < 4.78 is 0. The molecule has 1 aromatic heterocycles. The molecule has 1 aromatic rings. The van der Waals surface area contributed by atoms with Crippen molar-refractivity contribution in [3.8, 4) is 0 Å². The molecule has 1 aliphatic heterocycles. The minimum atomic E-state index is -0.976. The first-order chi connectivity index (χ1) is 6.77. The smallest absolute Gasteiger partial charge is 0.338 e. The normalized spacial score (nSPS) is 21.0. The van der Waals surface area contributed by atoms with Crippen molar-refractivity contribution in [1.82, 2.24) is 9.97 Å². The molecule has 14 heavy (non-hydrogen) atoms. The zero-order valence-corrected chi connectivity index (χ0v) is 8.33. The maximum atomic E-state index is 10.5. The number of carboxylic acids is 1.